The molecule has 4 nitrogen and oxygen atoms in total. The molecule has 224 valence electrons. The van der Waals surface area contributed by atoms with Gasteiger partial charge in [0.1, 0.15) is 17.1 Å². The second kappa shape index (κ2) is 10.5. The molecule has 0 saturated heterocycles. The van der Waals surface area contributed by atoms with Crippen molar-refractivity contribution in [1.82, 2.24) is 9.97 Å². The minimum atomic E-state index is -4.57. The van der Waals surface area contributed by atoms with Crippen LogP contribution in [-0.4, -0.2) is 15.1 Å². The summed E-state index contributed by atoms with van der Waals surface area (Å²) in [6.45, 7) is 12.9. The van der Waals surface area contributed by atoms with E-state index >= 15 is 0 Å². The molecule has 1 aliphatic rings. The van der Waals surface area contributed by atoms with Crippen LogP contribution in [0.4, 0.5) is 30.4 Å². The Hall–Kier alpha value is -3.70. The number of pyridine rings is 2. The molecule has 0 aliphatic carbocycles. The van der Waals surface area contributed by atoms with Crippen molar-refractivity contribution < 1.29 is 39.3 Å². The van der Waals surface area contributed by atoms with E-state index in [0.717, 1.165) is 46.0 Å². The number of halogens is 3. The predicted molar refractivity (Wildman–Crippen MR) is 161 cm³/mol. The Labute approximate surface area is 263 Å². The van der Waals surface area contributed by atoms with Gasteiger partial charge in [0.05, 0.1) is 5.56 Å². The van der Waals surface area contributed by atoms with Gasteiger partial charge in [0.15, 0.2) is 0 Å². The molecule has 2 aromatic heterocycles. The fourth-order valence-electron chi connectivity index (χ4n) is 5.77. The maximum atomic E-state index is 13.7. The molecule has 8 heteroatoms. The van der Waals surface area contributed by atoms with Gasteiger partial charge in [-0.2, -0.15) is 13.2 Å². The maximum Gasteiger partial charge on any atom is 0.417 e. The zero-order valence-corrected chi connectivity index (χ0v) is 26.9. The molecule has 0 radical (unpaired) electrons. The van der Waals surface area contributed by atoms with E-state index < -0.39 is 11.7 Å². The first-order valence-electron chi connectivity index (χ1n) is 13.8. The van der Waals surface area contributed by atoms with Crippen LogP contribution in [-0.2, 0) is 38.1 Å². The van der Waals surface area contributed by atoms with Gasteiger partial charge in [-0.25, -0.2) is 4.98 Å². The normalized spacial score (nSPS) is 14.2. The summed E-state index contributed by atoms with van der Waals surface area (Å²) in [7, 11) is 0. The molecule has 1 aliphatic heterocycles. The Kier molecular flexibility index (Phi) is 7.49. The van der Waals surface area contributed by atoms with Crippen LogP contribution in [0.1, 0.15) is 62.4 Å². The molecule has 0 unspecified atom stereocenters. The molecular weight excluding hydrogens is 730 g/mol. The number of phenolic OH excluding ortho intramolecular Hbond substituents is 1. The quantitative estimate of drug-likeness (QED) is 0.182. The first-order valence-corrected chi connectivity index (χ1v) is 13.8. The summed E-state index contributed by atoms with van der Waals surface area (Å²) in [4.78, 5) is 11.3. The number of aromatic hydroxyl groups is 1. The third-order valence-electron chi connectivity index (χ3n) is 8.15. The van der Waals surface area contributed by atoms with Crippen LogP contribution in [0.3, 0.4) is 0 Å². The minimum absolute atomic E-state index is 0. The van der Waals surface area contributed by atoms with Crippen molar-refractivity contribution in [2.45, 2.75) is 58.5 Å². The zero-order valence-electron chi connectivity index (χ0n) is 24.7. The molecule has 0 amide bonds. The number of phenols is 1. The van der Waals surface area contributed by atoms with E-state index in [0.29, 0.717) is 11.3 Å². The molecule has 6 rings (SSSR count). The van der Waals surface area contributed by atoms with E-state index in [1.165, 1.54) is 11.6 Å². The third-order valence-corrected chi connectivity index (χ3v) is 8.15. The van der Waals surface area contributed by atoms with Crippen molar-refractivity contribution in [3.05, 3.63) is 107 Å². The molecule has 5 aromatic rings. The summed E-state index contributed by atoms with van der Waals surface area (Å²) < 4.78 is 41.0. The van der Waals surface area contributed by atoms with Crippen LogP contribution < -0.4 is 4.90 Å². The van der Waals surface area contributed by atoms with Crippen molar-refractivity contribution in [3.8, 4) is 17.0 Å². The molecule has 0 fully saturated rings. The van der Waals surface area contributed by atoms with Gasteiger partial charge in [-0.1, -0.05) is 64.4 Å². The molecular formula is C35H31F3N3OPt-. The van der Waals surface area contributed by atoms with E-state index in [2.05, 4.69) is 68.8 Å². The number of fused-ring (bicyclic) bond motifs is 3. The minimum Gasteiger partial charge on any atom is -0.506 e. The first-order chi connectivity index (χ1) is 19.7. The summed E-state index contributed by atoms with van der Waals surface area (Å²) in [5, 5.41) is 10.3. The number of alkyl halides is 3. The monoisotopic (exact) mass is 761 g/mol. The SMILES string of the molecule is Cc1ccnc(N2c3[c-]c(-c4ccc5c(C(F)(F)F)ccc(O)c5n4)ccc3C(C)(C)c3ccc(C(C)(C)C)cc32)c1.[Pt]. The standard InChI is InChI=1S/C35H31F3N3O.Pt/c1-20-15-16-39-31(17-20)41-28-18-21(27-13-9-23-24(35(36,37)38)12-14-30(42)32(23)40-27)7-10-25(28)34(5,6)26-11-8-22(19-29(26)41)33(2,3)4;/h7-17,19,42H,1-6H3;/q-1;. The topological polar surface area (TPSA) is 49.2 Å². The summed E-state index contributed by atoms with van der Waals surface area (Å²) >= 11 is 0. The fraction of sp³-hybridized carbons (Fsp3) is 0.257. The van der Waals surface area contributed by atoms with Crippen LogP contribution in [0.2, 0.25) is 0 Å². The van der Waals surface area contributed by atoms with Crippen LogP contribution in [0.15, 0.2) is 72.9 Å². The molecule has 0 bridgehead atoms. The molecule has 0 saturated carbocycles. The number of nitrogens with zero attached hydrogens (tertiary/aromatic N) is 3. The van der Waals surface area contributed by atoms with Crippen molar-refractivity contribution >= 4 is 28.1 Å². The molecule has 3 heterocycles. The summed E-state index contributed by atoms with van der Waals surface area (Å²) in [5.41, 5.74) is 5.84. The van der Waals surface area contributed by atoms with E-state index in [1.807, 2.05) is 31.2 Å². The van der Waals surface area contributed by atoms with Gasteiger partial charge in [0.25, 0.3) is 0 Å². The summed E-state index contributed by atoms with van der Waals surface area (Å²) in [6.07, 6.45) is -2.79. The third kappa shape index (κ3) is 5.22. The van der Waals surface area contributed by atoms with Crippen molar-refractivity contribution in [1.29, 1.82) is 0 Å². The van der Waals surface area contributed by atoms with Crippen LogP contribution in [0, 0.1) is 13.0 Å². The van der Waals surface area contributed by atoms with Crippen molar-refractivity contribution in [3.63, 3.8) is 0 Å². The second-order valence-electron chi connectivity index (χ2n) is 12.5. The number of benzene rings is 3. The van der Waals surface area contributed by atoms with Gasteiger partial charge in [0, 0.05) is 38.3 Å². The molecule has 1 N–H and O–H groups in total. The largest absolute Gasteiger partial charge is 0.506 e. The average molecular weight is 762 g/mol. The smallest absolute Gasteiger partial charge is 0.417 e. The zero-order chi connectivity index (χ0) is 30.2. The van der Waals surface area contributed by atoms with Crippen LogP contribution in [0.5, 0.6) is 5.75 Å². The Morgan fingerprint density at radius 2 is 1.60 bits per heavy atom. The van der Waals surface area contributed by atoms with E-state index in [4.69, 9.17) is 4.98 Å². The van der Waals surface area contributed by atoms with Gasteiger partial charge >= 0.3 is 6.18 Å². The summed E-state index contributed by atoms with van der Waals surface area (Å²) in [5.74, 6) is 0.430. The number of rotatable bonds is 2. The van der Waals surface area contributed by atoms with Gasteiger partial charge in [-0.3, -0.25) is 4.98 Å². The number of aryl methyl sites for hydroxylation is 1. The van der Waals surface area contributed by atoms with Crippen LogP contribution >= 0.6 is 0 Å². The first kappa shape index (κ1) is 30.7. The molecule has 0 spiro atoms. The molecule has 3 aromatic carbocycles. The van der Waals surface area contributed by atoms with Crippen molar-refractivity contribution in [2.24, 2.45) is 0 Å². The molecule has 43 heavy (non-hydrogen) atoms. The Morgan fingerprint density at radius 1 is 0.884 bits per heavy atom. The summed E-state index contributed by atoms with van der Waals surface area (Å²) in [6, 6.07) is 22.9. The number of aromatic nitrogens is 2. The molecule has 0 atom stereocenters. The van der Waals surface area contributed by atoms with E-state index in [-0.39, 0.29) is 48.5 Å². The second-order valence-corrected chi connectivity index (χ2v) is 12.5. The van der Waals surface area contributed by atoms with E-state index in [1.54, 1.807) is 12.3 Å². The van der Waals surface area contributed by atoms with Gasteiger partial charge in [0.2, 0.25) is 0 Å². The van der Waals surface area contributed by atoms with Gasteiger partial charge < -0.3 is 10.0 Å². The fourth-order valence-corrected chi connectivity index (χ4v) is 5.77. The van der Waals surface area contributed by atoms with Gasteiger partial charge in [-0.05, 0) is 76.2 Å². The Morgan fingerprint density at radius 3 is 2.28 bits per heavy atom. The Balaban J connectivity index is 0.00000368. The van der Waals surface area contributed by atoms with Crippen molar-refractivity contribution in [2.75, 3.05) is 4.90 Å². The number of hydrogen-bond acceptors (Lipinski definition) is 4. The number of anilines is 3. The maximum absolute atomic E-state index is 13.7. The van der Waals surface area contributed by atoms with E-state index in [9.17, 15) is 18.3 Å². The Bertz CT molecular complexity index is 1880. The predicted octanol–water partition coefficient (Wildman–Crippen LogP) is 9.53. The average Bonchev–Trinajstić information content (AvgIpc) is 2.91. The van der Waals surface area contributed by atoms with Crippen LogP contribution in [0.25, 0.3) is 22.2 Å². The number of hydrogen-bond donors (Lipinski definition) is 1. The van der Waals surface area contributed by atoms with Gasteiger partial charge in [-0.15, -0.1) is 23.8 Å².